The van der Waals surface area contributed by atoms with Gasteiger partial charge in [0.25, 0.3) is 18.2 Å². The standard InChI is InChI=1S/C60H84N10O22S/c1-4-5-6-7-8-9-24-89-38-17-15-36(16-18-38)68-22-20-67(21-23-68)35-13-10-33(11-14-35)53(80)62-39-27-43(75)56(83)66-58(85)49-50(77)31(2)29-70(49)60(87)47(42(74)28-45(61)76)64-57(84)48(52(79)51(78)34-12-19-41(73)44(25-34)90-93-92-91-88)65-55(82)40-26-37(72)30-69(40)59(86)46(32(3)71)63-54(39)81/h10-19,25,31-32,37,39-40,42-43,46-52,56,71-75,77-79,83,88H,4-9,20-24,26-30H2,1-3H3,(H2,61,76)(H,62,80)(H,63,81)(H,64,84)(H,65,82)(H,66,85)/t31?,32?,37?,39-,40?,42?,43?,46?,47?,48?,49?,50?,51?,52?,56?/m0/s1. The van der Waals surface area contributed by atoms with Crippen LogP contribution in [0, 0.1) is 5.92 Å². The van der Waals surface area contributed by atoms with E-state index in [4.69, 9.17) is 19.9 Å². The molecule has 0 aliphatic carbocycles. The van der Waals surface area contributed by atoms with Crippen molar-refractivity contribution < 1.29 is 108 Å². The number of amides is 8. The molecule has 3 aromatic carbocycles. The molecule has 4 aliphatic rings. The molecule has 0 aromatic heterocycles. The highest BCUT2D eigenvalue weighted by Crippen LogP contribution is 2.34. The highest BCUT2D eigenvalue weighted by atomic mass is 32.2. The van der Waals surface area contributed by atoms with Crippen molar-refractivity contribution in [1.29, 1.82) is 0 Å². The van der Waals surface area contributed by atoms with Crippen LogP contribution in [0.1, 0.15) is 101 Å². The van der Waals surface area contributed by atoms with Crippen molar-refractivity contribution >= 4 is 71.0 Å². The molecule has 33 heteroatoms. The van der Waals surface area contributed by atoms with Crippen molar-refractivity contribution in [2.24, 2.45) is 11.7 Å². The Labute approximate surface area is 539 Å². The normalized spacial score (nSPS) is 26.7. The van der Waals surface area contributed by atoms with E-state index in [1.165, 1.54) is 44.7 Å². The minimum absolute atomic E-state index is 0.00386. The highest BCUT2D eigenvalue weighted by molar-refractivity contribution is 7.90. The van der Waals surface area contributed by atoms with Crippen LogP contribution in [-0.4, -0.2) is 233 Å². The first-order chi connectivity index (χ1) is 44.3. The van der Waals surface area contributed by atoms with E-state index in [1.54, 1.807) is 12.1 Å². The van der Waals surface area contributed by atoms with Gasteiger partial charge >= 0.3 is 0 Å². The Bertz CT molecular complexity index is 3040. The number of nitrogens with two attached hydrogens (primary N) is 1. The summed E-state index contributed by atoms with van der Waals surface area (Å²) in [6.45, 7) is 6.67. The molecular weight excluding hydrogens is 1240 g/mol. The molecule has 32 nitrogen and oxygen atoms in total. The number of primary amides is 1. The van der Waals surface area contributed by atoms with Crippen molar-refractivity contribution in [2.45, 2.75) is 164 Å². The summed E-state index contributed by atoms with van der Waals surface area (Å²) in [6, 6.07) is 4.43. The number of nitrogens with zero attached hydrogens (tertiary/aromatic N) is 4. The number of ether oxygens (including phenoxy) is 1. The summed E-state index contributed by atoms with van der Waals surface area (Å²) in [6.07, 6.45) is -12.5. The molecule has 17 N–H and O–H groups in total. The number of fused-ring (bicyclic) bond motifs is 2. The predicted octanol–water partition coefficient (Wildman–Crippen LogP) is -2.55. The number of aliphatic hydroxyl groups is 8. The SMILES string of the molecule is CCCCCCCCOc1ccc(N2CCN(c3ccc(C(=O)N[C@H]4CC(O)C(O)NC(=O)C5C(O)C(C)CN5C(=O)C(C(O)CC(N)=O)NC(=O)C(C(O)C(O)c5ccc(O)c(OSOOO)c5)NC(=O)C5CC(O)CN5C(=O)C(C(C)O)NC4=O)cc3)CC2)cc1. The maximum absolute atomic E-state index is 14.7. The third kappa shape index (κ3) is 19.0. The van der Waals surface area contributed by atoms with E-state index in [2.05, 4.69) is 52.7 Å². The number of benzene rings is 3. The van der Waals surface area contributed by atoms with Crippen LogP contribution in [0.4, 0.5) is 11.4 Å². The molecule has 15 atom stereocenters. The first kappa shape index (κ1) is 72.8. The quantitative estimate of drug-likeness (QED) is 0.0201. The fourth-order valence-electron chi connectivity index (χ4n) is 11.6. The maximum Gasteiger partial charge on any atom is 0.261 e. The number of rotatable bonds is 23. The maximum atomic E-state index is 14.7. The summed E-state index contributed by atoms with van der Waals surface area (Å²) in [4.78, 5) is 120. The molecule has 4 heterocycles. The van der Waals surface area contributed by atoms with Gasteiger partial charge in [0.15, 0.2) is 17.7 Å². The van der Waals surface area contributed by atoms with E-state index in [-0.39, 0.29) is 23.5 Å². The van der Waals surface area contributed by atoms with Gasteiger partial charge in [-0.15, -0.1) is 0 Å². The van der Waals surface area contributed by atoms with Gasteiger partial charge in [0.2, 0.25) is 41.4 Å². The number of phenols is 1. The summed E-state index contributed by atoms with van der Waals surface area (Å²) < 4.78 is 15.2. The minimum Gasteiger partial charge on any atom is -0.504 e. The van der Waals surface area contributed by atoms with E-state index in [1.807, 2.05) is 24.3 Å². The molecular formula is C60H84N10O22S. The second-order valence-electron chi connectivity index (χ2n) is 23.6. The first-order valence-corrected chi connectivity index (χ1v) is 31.3. The summed E-state index contributed by atoms with van der Waals surface area (Å²) in [5, 5.41) is 125. The Hall–Kier alpha value is -7.67. The van der Waals surface area contributed by atoms with Crippen molar-refractivity contribution in [1.82, 2.24) is 36.4 Å². The Balaban J connectivity index is 1.15. The first-order valence-electron chi connectivity index (χ1n) is 30.6. The van der Waals surface area contributed by atoms with Gasteiger partial charge in [0.1, 0.15) is 60.3 Å². The molecule has 3 aromatic rings. The number of aromatic hydroxyl groups is 1. The van der Waals surface area contributed by atoms with Gasteiger partial charge in [-0.1, -0.05) is 61.4 Å². The molecule has 4 saturated heterocycles. The fraction of sp³-hybridized carbons (Fsp3) is 0.567. The van der Waals surface area contributed by atoms with Gasteiger partial charge in [0.05, 0.1) is 37.4 Å². The third-order valence-electron chi connectivity index (χ3n) is 16.8. The van der Waals surface area contributed by atoms with Gasteiger partial charge in [-0.3, -0.25) is 38.4 Å². The number of hydrogen-bond acceptors (Lipinski definition) is 25. The molecule has 7 rings (SSSR count). The molecule has 93 heavy (non-hydrogen) atoms. The number of unbranched alkanes of at least 4 members (excludes halogenated alkanes) is 5. The third-order valence-corrected chi connectivity index (χ3v) is 17.2. The Morgan fingerprint density at radius 3 is 1.95 bits per heavy atom. The van der Waals surface area contributed by atoms with Gasteiger partial charge in [0, 0.05) is 75.0 Å². The van der Waals surface area contributed by atoms with E-state index in [0.29, 0.717) is 42.6 Å². The van der Waals surface area contributed by atoms with E-state index < -0.39 is 182 Å². The second-order valence-corrected chi connectivity index (χ2v) is 24.0. The monoisotopic (exact) mass is 1330 g/mol. The number of phenolic OH excluding ortho intramolecular Hbond substituents is 1. The number of anilines is 2. The molecule has 4 aliphatic heterocycles. The van der Waals surface area contributed by atoms with Crippen LogP contribution in [-0.2, 0) is 42.9 Å². The van der Waals surface area contributed by atoms with E-state index >= 15 is 0 Å². The van der Waals surface area contributed by atoms with Crippen LogP contribution in [0.15, 0.2) is 66.7 Å². The number of hydrogen-bond donors (Lipinski definition) is 16. The molecule has 4 fully saturated rings. The lowest BCUT2D eigenvalue weighted by Crippen LogP contribution is -2.64. The van der Waals surface area contributed by atoms with Gasteiger partial charge in [-0.05, 0) is 79.6 Å². The van der Waals surface area contributed by atoms with Gasteiger partial charge in [-0.25, -0.2) is 5.26 Å². The van der Waals surface area contributed by atoms with Crippen LogP contribution in [0.2, 0.25) is 0 Å². The van der Waals surface area contributed by atoms with Crippen LogP contribution < -0.4 is 51.0 Å². The molecule has 0 radical (unpaired) electrons. The molecule has 0 spiro atoms. The van der Waals surface area contributed by atoms with Crippen LogP contribution in [0.5, 0.6) is 17.2 Å². The molecule has 0 bridgehead atoms. The number of carbonyl (C=O) groups is 8. The molecule has 512 valence electrons. The van der Waals surface area contributed by atoms with Crippen molar-refractivity contribution in [2.75, 3.05) is 55.7 Å². The smallest absolute Gasteiger partial charge is 0.261 e. The zero-order chi connectivity index (χ0) is 67.8. The number of aliphatic hydroxyl groups excluding tert-OH is 8. The van der Waals surface area contributed by atoms with Gasteiger partial charge < -0.3 is 107 Å². The topological polar surface area (TPSA) is 475 Å². The summed E-state index contributed by atoms with van der Waals surface area (Å²) in [5.74, 6) is -11.8. The Kier molecular flexibility index (Phi) is 26.6. The summed E-state index contributed by atoms with van der Waals surface area (Å²) >= 11 is -0.0308. The van der Waals surface area contributed by atoms with Crippen molar-refractivity contribution in [3.63, 3.8) is 0 Å². The van der Waals surface area contributed by atoms with Crippen LogP contribution in [0.3, 0.4) is 0 Å². The van der Waals surface area contributed by atoms with Crippen molar-refractivity contribution in [3.05, 3.63) is 77.9 Å². The van der Waals surface area contributed by atoms with E-state index in [0.717, 1.165) is 55.1 Å². The number of piperazine rings is 1. The fourth-order valence-corrected chi connectivity index (χ4v) is 11.8. The van der Waals surface area contributed by atoms with Gasteiger partial charge in [-0.2, -0.15) is 0 Å². The molecule has 14 unspecified atom stereocenters. The second kappa shape index (κ2) is 34.0. The Morgan fingerprint density at radius 1 is 0.720 bits per heavy atom. The largest absolute Gasteiger partial charge is 0.504 e. The predicted molar refractivity (Wildman–Crippen MR) is 328 cm³/mol. The molecule has 0 saturated carbocycles. The summed E-state index contributed by atoms with van der Waals surface area (Å²) in [5.41, 5.74) is 6.81. The van der Waals surface area contributed by atoms with Crippen molar-refractivity contribution in [3.8, 4) is 17.2 Å². The lowest BCUT2D eigenvalue weighted by molar-refractivity contribution is -0.433. The average Bonchev–Trinajstić information content (AvgIpc) is 1.71. The highest BCUT2D eigenvalue weighted by Gasteiger charge is 2.51. The van der Waals surface area contributed by atoms with Crippen LogP contribution in [0.25, 0.3) is 0 Å². The summed E-state index contributed by atoms with van der Waals surface area (Å²) in [7, 11) is 0. The average molecular weight is 1330 g/mol. The Morgan fingerprint density at radius 2 is 1.32 bits per heavy atom. The lowest BCUT2D eigenvalue weighted by Gasteiger charge is -2.37. The molecule has 8 amide bonds. The zero-order valence-corrected chi connectivity index (χ0v) is 52.3. The minimum atomic E-state index is -2.55. The van der Waals surface area contributed by atoms with Crippen LogP contribution >= 0.6 is 12.3 Å². The number of carbonyl (C=O) groups excluding carboxylic acids is 8. The number of nitrogens with one attached hydrogen (secondary N) is 5. The van der Waals surface area contributed by atoms with E-state index in [9.17, 15) is 84.3 Å². The zero-order valence-electron chi connectivity index (χ0n) is 51.5. The lowest BCUT2D eigenvalue weighted by atomic mass is 9.96.